The molecule has 25 heavy (non-hydrogen) atoms. The van der Waals surface area contributed by atoms with Gasteiger partial charge in [-0.15, -0.1) is 5.11 Å². The number of hydrogen-bond acceptors (Lipinski definition) is 6. The summed E-state index contributed by atoms with van der Waals surface area (Å²) in [5, 5.41) is 10.7. The Morgan fingerprint density at radius 1 is 1.12 bits per heavy atom. The molecule has 6 nitrogen and oxygen atoms in total. The predicted molar refractivity (Wildman–Crippen MR) is 105 cm³/mol. The van der Waals surface area contributed by atoms with E-state index in [4.69, 9.17) is 0 Å². The Morgan fingerprint density at radius 2 is 1.80 bits per heavy atom. The van der Waals surface area contributed by atoms with Gasteiger partial charge in [0.05, 0.1) is 12.4 Å². The zero-order valence-corrected chi connectivity index (χ0v) is 16.3. The molecule has 1 unspecified atom stereocenters. The molecule has 1 N–H and O–H groups in total. The molecule has 0 radical (unpaired) electrons. The van der Waals surface area contributed by atoms with Crippen LogP contribution < -0.4 is 10.3 Å². The molecule has 0 bridgehead atoms. The third-order valence-electron chi connectivity index (χ3n) is 4.11. The summed E-state index contributed by atoms with van der Waals surface area (Å²) in [7, 11) is 6.03. The van der Waals surface area contributed by atoms with Gasteiger partial charge in [-0.2, -0.15) is 5.11 Å². The van der Waals surface area contributed by atoms with E-state index in [9.17, 15) is 0 Å². The fourth-order valence-electron chi connectivity index (χ4n) is 2.72. The van der Waals surface area contributed by atoms with E-state index < -0.39 is 4.70 Å². The molecule has 3 rings (SSSR count). The average Bonchev–Trinajstić information content (AvgIpc) is 2.87. The van der Waals surface area contributed by atoms with Crippen LogP contribution in [0.2, 0.25) is 0 Å². The van der Waals surface area contributed by atoms with E-state index in [0.717, 1.165) is 24.6 Å². The van der Waals surface area contributed by atoms with Crippen LogP contribution in [0.5, 0.6) is 0 Å². The van der Waals surface area contributed by atoms with Crippen LogP contribution >= 0.6 is 15.9 Å². The van der Waals surface area contributed by atoms with E-state index in [1.807, 2.05) is 42.2 Å². The largest absolute Gasteiger partial charge is 0.370 e. The maximum Gasteiger partial charge on any atom is 0.257 e. The Morgan fingerprint density at radius 3 is 2.40 bits per heavy atom. The first-order valence-electron chi connectivity index (χ1n) is 8.13. The van der Waals surface area contributed by atoms with Gasteiger partial charge < -0.3 is 4.90 Å². The maximum absolute atomic E-state index is 4.40. The van der Waals surface area contributed by atoms with Crippen molar-refractivity contribution in [3.63, 3.8) is 0 Å². The van der Waals surface area contributed by atoms with E-state index in [1.165, 1.54) is 5.56 Å². The smallest absolute Gasteiger partial charge is 0.257 e. The summed E-state index contributed by atoms with van der Waals surface area (Å²) in [5.74, 6) is 0. The minimum Gasteiger partial charge on any atom is -0.370 e. The lowest BCUT2D eigenvalue weighted by atomic mass is 10.2. The second-order valence-electron chi connectivity index (χ2n) is 6.29. The Hall–Kier alpha value is -1.80. The van der Waals surface area contributed by atoms with Gasteiger partial charge in [0.2, 0.25) is 0 Å². The van der Waals surface area contributed by atoms with Crippen LogP contribution in [0.1, 0.15) is 5.56 Å². The van der Waals surface area contributed by atoms with Crippen LogP contribution in [0, 0.1) is 0 Å². The maximum atomic E-state index is 4.40. The number of hydrogen-bond donors (Lipinski definition) is 1. The Kier molecular flexibility index (Phi) is 5.48. The van der Waals surface area contributed by atoms with Crippen LogP contribution in [0.15, 0.2) is 64.8 Å². The number of nitrogens with zero attached hydrogens (tertiary/aromatic N) is 5. The van der Waals surface area contributed by atoms with Crippen LogP contribution in [0.4, 0.5) is 11.4 Å². The second kappa shape index (κ2) is 7.61. The van der Waals surface area contributed by atoms with Gasteiger partial charge in [-0.05, 0) is 52.8 Å². The van der Waals surface area contributed by atoms with Crippen LogP contribution in [-0.4, -0.2) is 42.4 Å². The fraction of sp³-hybridized carbons (Fsp3) is 0.333. The van der Waals surface area contributed by atoms with E-state index in [1.54, 1.807) is 0 Å². The molecular formula is C18H23BrN6. The quantitative estimate of drug-likeness (QED) is 0.469. The van der Waals surface area contributed by atoms with Crippen molar-refractivity contribution in [1.82, 2.24) is 15.3 Å². The molecular weight excluding hydrogens is 380 g/mol. The molecule has 0 aromatic heterocycles. The number of anilines is 1. The molecule has 0 spiro atoms. The van der Waals surface area contributed by atoms with Gasteiger partial charge >= 0.3 is 0 Å². The summed E-state index contributed by atoms with van der Waals surface area (Å²) < 4.78 is -0.690. The number of hydrazine groups is 1. The van der Waals surface area contributed by atoms with Crippen LogP contribution in [-0.2, 0) is 6.54 Å². The summed E-state index contributed by atoms with van der Waals surface area (Å²) >= 11 is 3.59. The normalized spacial score (nSPS) is 21.9. The van der Waals surface area contributed by atoms with Crippen molar-refractivity contribution in [1.29, 1.82) is 0 Å². The number of rotatable bonds is 5. The zero-order chi connectivity index (χ0) is 17.9. The highest BCUT2D eigenvalue weighted by molar-refractivity contribution is 9.10. The molecule has 1 aliphatic heterocycles. The van der Waals surface area contributed by atoms with Crippen molar-refractivity contribution in [2.45, 2.75) is 11.2 Å². The predicted octanol–water partition coefficient (Wildman–Crippen LogP) is 3.75. The molecule has 7 heteroatoms. The highest BCUT2D eigenvalue weighted by atomic mass is 79.9. The van der Waals surface area contributed by atoms with E-state index in [2.05, 4.69) is 79.9 Å². The van der Waals surface area contributed by atoms with Gasteiger partial charge in [0.25, 0.3) is 4.70 Å². The van der Waals surface area contributed by atoms with Crippen molar-refractivity contribution in [2.24, 2.45) is 10.2 Å². The topological polar surface area (TPSA) is 46.5 Å². The van der Waals surface area contributed by atoms with Gasteiger partial charge in [0, 0.05) is 26.3 Å². The minimum absolute atomic E-state index is 0.690. The Bertz CT molecular complexity index is 720. The van der Waals surface area contributed by atoms with Crippen molar-refractivity contribution in [3.05, 3.63) is 60.2 Å². The molecule has 2 aromatic carbocycles. The van der Waals surface area contributed by atoms with Crippen molar-refractivity contribution in [3.8, 4) is 0 Å². The third-order valence-corrected chi connectivity index (χ3v) is 5.06. The first-order chi connectivity index (χ1) is 12.0. The van der Waals surface area contributed by atoms with Gasteiger partial charge in [-0.25, -0.2) is 15.3 Å². The number of nitrogens with one attached hydrogen (secondary N) is 1. The van der Waals surface area contributed by atoms with E-state index in [-0.39, 0.29) is 0 Å². The molecule has 1 atom stereocenters. The number of benzene rings is 2. The Balaban J connectivity index is 1.65. The van der Waals surface area contributed by atoms with Gasteiger partial charge in [-0.3, -0.25) is 0 Å². The third kappa shape index (κ3) is 4.43. The molecule has 132 valence electrons. The average molecular weight is 403 g/mol. The second-order valence-corrected chi connectivity index (χ2v) is 7.40. The first kappa shape index (κ1) is 18.0. The minimum atomic E-state index is -0.690. The molecule has 1 fully saturated rings. The van der Waals surface area contributed by atoms with Crippen molar-refractivity contribution >= 4 is 27.3 Å². The van der Waals surface area contributed by atoms with Crippen molar-refractivity contribution < 1.29 is 0 Å². The van der Waals surface area contributed by atoms with E-state index >= 15 is 0 Å². The number of alkyl halides is 1. The number of azo groups is 1. The molecule has 1 saturated heterocycles. The summed E-state index contributed by atoms with van der Waals surface area (Å²) in [5.41, 5.74) is 6.47. The van der Waals surface area contributed by atoms with Gasteiger partial charge in [-0.1, -0.05) is 30.3 Å². The fourth-order valence-corrected chi connectivity index (χ4v) is 3.21. The van der Waals surface area contributed by atoms with E-state index in [0.29, 0.717) is 0 Å². The Labute approximate surface area is 157 Å². The standard InChI is InChI=1S/C18H23BrN6/c1-23(13-15-7-5-4-6-8-15)17-11-9-16(10-12-17)20-21-18(19)22-25(3)14-24(18)2/h4-12,22H,13-14H2,1-3H3. The lowest BCUT2D eigenvalue weighted by molar-refractivity contribution is 0.266. The lowest BCUT2D eigenvalue weighted by Crippen LogP contribution is -2.43. The SMILES string of the molecule is CN1CN(C)C(Br)(N=Nc2ccc(N(C)Cc3ccccc3)cc2)N1. The summed E-state index contributed by atoms with van der Waals surface area (Å²) in [6.07, 6.45) is 0. The molecule has 2 aromatic rings. The summed E-state index contributed by atoms with van der Waals surface area (Å²) in [6.45, 7) is 1.63. The number of halogens is 1. The molecule has 0 amide bonds. The lowest BCUT2D eigenvalue weighted by Gasteiger charge is -2.22. The highest BCUT2D eigenvalue weighted by Gasteiger charge is 2.39. The van der Waals surface area contributed by atoms with Crippen LogP contribution in [0.3, 0.4) is 0 Å². The first-order valence-corrected chi connectivity index (χ1v) is 8.93. The monoisotopic (exact) mass is 402 g/mol. The summed E-state index contributed by atoms with van der Waals surface area (Å²) in [4.78, 5) is 4.24. The molecule has 0 aliphatic carbocycles. The zero-order valence-electron chi connectivity index (χ0n) is 14.7. The summed E-state index contributed by atoms with van der Waals surface area (Å²) in [6, 6.07) is 18.5. The molecule has 1 heterocycles. The van der Waals surface area contributed by atoms with Crippen LogP contribution in [0.25, 0.3) is 0 Å². The van der Waals surface area contributed by atoms with Gasteiger partial charge in [0.15, 0.2) is 0 Å². The van der Waals surface area contributed by atoms with Gasteiger partial charge in [0.1, 0.15) is 0 Å². The molecule has 1 aliphatic rings. The highest BCUT2D eigenvalue weighted by Crippen LogP contribution is 2.28. The van der Waals surface area contributed by atoms with Crippen molar-refractivity contribution in [2.75, 3.05) is 32.7 Å². The molecule has 0 saturated carbocycles.